The normalized spacial score (nSPS) is 23.0. The Labute approximate surface area is 87.9 Å². The molecule has 0 radical (unpaired) electrons. The van der Waals surface area contributed by atoms with Crippen LogP contribution in [-0.4, -0.2) is 31.6 Å². The van der Waals surface area contributed by atoms with Gasteiger partial charge in [-0.3, -0.25) is 0 Å². The predicted octanol–water partition coefficient (Wildman–Crippen LogP) is 1.54. The van der Waals surface area contributed by atoms with Crippen LogP contribution in [0, 0.1) is 11.6 Å². The molecular formula is C11H14F2N2. The van der Waals surface area contributed by atoms with E-state index < -0.39 is 11.6 Å². The molecule has 1 saturated heterocycles. The lowest BCUT2D eigenvalue weighted by Gasteiger charge is -2.31. The minimum Gasteiger partial charge on any atom is -0.308 e. The zero-order valence-corrected chi connectivity index (χ0v) is 8.63. The highest BCUT2D eigenvalue weighted by Crippen LogP contribution is 2.18. The molecule has 1 aliphatic heterocycles. The summed E-state index contributed by atoms with van der Waals surface area (Å²) in [5.74, 6) is -1.56. The van der Waals surface area contributed by atoms with E-state index in [-0.39, 0.29) is 6.04 Å². The first-order valence-corrected chi connectivity index (χ1v) is 5.03. The second-order valence-electron chi connectivity index (χ2n) is 3.94. The van der Waals surface area contributed by atoms with Gasteiger partial charge in [-0.05, 0) is 24.7 Å². The molecule has 0 spiro atoms. The highest BCUT2D eigenvalue weighted by molar-refractivity contribution is 5.22. The van der Waals surface area contributed by atoms with Crippen molar-refractivity contribution in [2.45, 2.75) is 6.04 Å². The van der Waals surface area contributed by atoms with Gasteiger partial charge >= 0.3 is 0 Å². The first-order valence-electron chi connectivity index (χ1n) is 5.03. The third-order valence-corrected chi connectivity index (χ3v) is 2.72. The molecule has 0 bridgehead atoms. The predicted molar refractivity (Wildman–Crippen MR) is 54.6 cm³/mol. The molecule has 1 unspecified atom stereocenters. The van der Waals surface area contributed by atoms with Gasteiger partial charge < -0.3 is 10.2 Å². The van der Waals surface area contributed by atoms with Gasteiger partial charge in [0.05, 0.1) is 0 Å². The molecule has 0 amide bonds. The number of rotatable bonds is 1. The van der Waals surface area contributed by atoms with Crippen molar-refractivity contribution < 1.29 is 8.78 Å². The Morgan fingerprint density at radius 3 is 2.80 bits per heavy atom. The monoisotopic (exact) mass is 212 g/mol. The highest BCUT2D eigenvalue weighted by atomic mass is 19.2. The van der Waals surface area contributed by atoms with Crippen molar-refractivity contribution in [2.24, 2.45) is 0 Å². The summed E-state index contributed by atoms with van der Waals surface area (Å²) in [6.45, 7) is 2.69. The van der Waals surface area contributed by atoms with E-state index in [2.05, 4.69) is 10.2 Å². The van der Waals surface area contributed by atoms with Crippen LogP contribution < -0.4 is 5.32 Å². The third kappa shape index (κ3) is 2.33. The van der Waals surface area contributed by atoms with Crippen molar-refractivity contribution in [3.63, 3.8) is 0 Å². The fraction of sp³-hybridized carbons (Fsp3) is 0.455. The number of nitrogens with zero attached hydrogens (tertiary/aromatic N) is 1. The van der Waals surface area contributed by atoms with Crippen molar-refractivity contribution in [1.29, 1.82) is 0 Å². The van der Waals surface area contributed by atoms with Crippen LogP contribution in [0.15, 0.2) is 18.2 Å². The number of nitrogens with one attached hydrogen (secondary N) is 1. The summed E-state index contributed by atoms with van der Waals surface area (Å²) in [6, 6.07) is 4.18. The summed E-state index contributed by atoms with van der Waals surface area (Å²) in [4.78, 5) is 2.17. The van der Waals surface area contributed by atoms with E-state index in [1.807, 2.05) is 7.05 Å². The van der Waals surface area contributed by atoms with E-state index in [9.17, 15) is 8.78 Å². The van der Waals surface area contributed by atoms with Gasteiger partial charge in [0.1, 0.15) is 0 Å². The fourth-order valence-electron chi connectivity index (χ4n) is 1.85. The number of benzene rings is 1. The van der Waals surface area contributed by atoms with E-state index in [4.69, 9.17) is 0 Å². The summed E-state index contributed by atoms with van der Waals surface area (Å²) in [7, 11) is 2.02. The topological polar surface area (TPSA) is 15.3 Å². The molecule has 2 rings (SSSR count). The molecular weight excluding hydrogens is 198 g/mol. The van der Waals surface area contributed by atoms with E-state index in [1.165, 1.54) is 12.1 Å². The number of halogens is 2. The maximum absolute atomic E-state index is 13.0. The van der Waals surface area contributed by atoms with Gasteiger partial charge in [0.15, 0.2) is 11.6 Å². The third-order valence-electron chi connectivity index (χ3n) is 2.72. The lowest BCUT2D eigenvalue weighted by molar-refractivity contribution is 0.240. The van der Waals surface area contributed by atoms with Crippen molar-refractivity contribution in [3.8, 4) is 0 Å². The number of hydrogen-bond acceptors (Lipinski definition) is 2. The molecule has 0 aromatic heterocycles. The Morgan fingerprint density at radius 1 is 1.33 bits per heavy atom. The van der Waals surface area contributed by atoms with Crippen LogP contribution >= 0.6 is 0 Å². The smallest absolute Gasteiger partial charge is 0.159 e. The van der Waals surface area contributed by atoms with Gasteiger partial charge in [-0.2, -0.15) is 0 Å². The minimum absolute atomic E-state index is 0.0962. The van der Waals surface area contributed by atoms with E-state index in [1.54, 1.807) is 6.07 Å². The second kappa shape index (κ2) is 4.24. The average molecular weight is 212 g/mol. The Kier molecular flexibility index (Phi) is 2.98. The van der Waals surface area contributed by atoms with Crippen molar-refractivity contribution in [2.75, 3.05) is 26.7 Å². The summed E-state index contributed by atoms with van der Waals surface area (Å²) in [6.07, 6.45) is 0. The standard InChI is InChI=1S/C11H14F2N2/c1-15-5-4-14-11(7-15)8-2-3-9(12)10(13)6-8/h2-3,6,11,14H,4-5,7H2,1H3. The number of likely N-dealkylation sites (N-methyl/N-ethyl adjacent to an activating group) is 1. The molecule has 1 aromatic carbocycles. The van der Waals surface area contributed by atoms with Gasteiger partial charge in [-0.25, -0.2) is 8.78 Å². The lowest BCUT2D eigenvalue weighted by Crippen LogP contribution is -2.43. The van der Waals surface area contributed by atoms with Gasteiger partial charge in [0.2, 0.25) is 0 Å². The molecule has 2 nitrogen and oxygen atoms in total. The van der Waals surface area contributed by atoms with Crippen molar-refractivity contribution in [1.82, 2.24) is 10.2 Å². The zero-order valence-electron chi connectivity index (χ0n) is 8.63. The molecule has 0 saturated carbocycles. The second-order valence-corrected chi connectivity index (χ2v) is 3.94. The summed E-state index contributed by atoms with van der Waals surface area (Å²) < 4.78 is 25.8. The van der Waals surface area contributed by atoms with E-state index >= 15 is 0 Å². The Hall–Kier alpha value is -1.00. The van der Waals surface area contributed by atoms with Crippen molar-refractivity contribution >= 4 is 0 Å². The molecule has 1 aromatic rings. The van der Waals surface area contributed by atoms with Gasteiger partial charge in [-0.1, -0.05) is 6.07 Å². The molecule has 15 heavy (non-hydrogen) atoms. The molecule has 1 N–H and O–H groups in total. The quantitative estimate of drug-likeness (QED) is 0.759. The Bertz CT molecular complexity index is 354. The highest BCUT2D eigenvalue weighted by Gasteiger charge is 2.18. The number of hydrogen-bond donors (Lipinski definition) is 1. The molecule has 1 fully saturated rings. The van der Waals surface area contributed by atoms with Crippen LogP contribution in [0.25, 0.3) is 0 Å². The molecule has 1 heterocycles. The Morgan fingerprint density at radius 2 is 2.13 bits per heavy atom. The van der Waals surface area contributed by atoms with Gasteiger partial charge in [0, 0.05) is 25.7 Å². The average Bonchev–Trinajstić information content (AvgIpc) is 2.22. The minimum atomic E-state index is -0.789. The van der Waals surface area contributed by atoms with Crippen molar-refractivity contribution in [3.05, 3.63) is 35.4 Å². The van der Waals surface area contributed by atoms with E-state index in [0.717, 1.165) is 25.2 Å². The molecule has 82 valence electrons. The largest absolute Gasteiger partial charge is 0.308 e. The maximum atomic E-state index is 13.0. The first-order chi connectivity index (χ1) is 7.16. The van der Waals surface area contributed by atoms with Gasteiger partial charge in [0.25, 0.3) is 0 Å². The van der Waals surface area contributed by atoms with Crippen LogP contribution in [0.4, 0.5) is 8.78 Å². The summed E-state index contributed by atoms with van der Waals surface area (Å²) in [5, 5.41) is 3.28. The molecule has 0 aliphatic carbocycles. The van der Waals surface area contributed by atoms with Crippen LogP contribution in [0.3, 0.4) is 0 Å². The lowest BCUT2D eigenvalue weighted by atomic mass is 10.0. The van der Waals surface area contributed by atoms with Gasteiger partial charge in [-0.15, -0.1) is 0 Å². The van der Waals surface area contributed by atoms with Crippen LogP contribution in [-0.2, 0) is 0 Å². The fourth-order valence-corrected chi connectivity index (χ4v) is 1.85. The SMILES string of the molecule is CN1CCNC(c2ccc(F)c(F)c2)C1. The summed E-state index contributed by atoms with van der Waals surface area (Å²) in [5.41, 5.74) is 0.806. The zero-order chi connectivity index (χ0) is 10.8. The summed E-state index contributed by atoms with van der Waals surface area (Å²) >= 11 is 0. The maximum Gasteiger partial charge on any atom is 0.159 e. The first kappa shape index (κ1) is 10.5. The Balaban J connectivity index is 2.18. The van der Waals surface area contributed by atoms with E-state index in [0.29, 0.717) is 0 Å². The van der Waals surface area contributed by atoms with Crippen LogP contribution in [0.2, 0.25) is 0 Å². The molecule has 1 aliphatic rings. The molecule has 1 atom stereocenters. The van der Waals surface area contributed by atoms with Crippen LogP contribution in [0.1, 0.15) is 11.6 Å². The van der Waals surface area contributed by atoms with Crippen LogP contribution in [0.5, 0.6) is 0 Å². The number of piperazine rings is 1. The molecule has 4 heteroatoms.